The van der Waals surface area contributed by atoms with Gasteiger partial charge in [-0.15, -0.1) is 11.3 Å². The van der Waals surface area contributed by atoms with Crippen molar-refractivity contribution >= 4 is 35.1 Å². The molecule has 0 atom stereocenters. The molecule has 1 aromatic heterocycles. The quantitative estimate of drug-likeness (QED) is 0.571. The van der Waals surface area contributed by atoms with Crippen LogP contribution >= 0.6 is 22.9 Å². The Morgan fingerprint density at radius 1 is 1.30 bits per heavy atom. The van der Waals surface area contributed by atoms with Gasteiger partial charge in [0.1, 0.15) is 5.75 Å². The fourth-order valence-corrected chi connectivity index (χ4v) is 2.88. The van der Waals surface area contributed by atoms with E-state index in [0.717, 1.165) is 11.3 Å². The van der Waals surface area contributed by atoms with Crippen LogP contribution < -0.4 is 10.2 Å². The Morgan fingerprint density at radius 2 is 2.09 bits per heavy atom. The molecule has 122 valence electrons. The molecule has 0 aliphatic heterocycles. The summed E-state index contributed by atoms with van der Waals surface area (Å²) >= 11 is 7.47. The van der Waals surface area contributed by atoms with E-state index < -0.39 is 0 Å². The summed E-state index contributed by atoms with van der Waals surface area (Å²) in [6, 6.07) is 11.0. The van der Waals surface area contributed by atoms with E-state index in [-0.39, 0.29) is 12.5 Å². The first kappa shape index (κ1) is 17.5. The van der Waals surface area contributed by atoms with E-state index in [9.17, 15) is 4.79 Å². The summed E-state index contributed by atoms with van der Waals surface area (Å²) in [7, 11) is 0. The van der Waals surface area contributed by atoms with Crippen LogP contribution in [0.25, 0.3) is 0 Å². The largest absolute Gasteiger partial charge is 0.484 e. The minimum absolute atomic E-state index is 0.0921. The first-order valence-electron chi connectivity index (χ1n) is 7.46. The Kier molecular flexibility index (Phi) is 7.10. The van der Waals surface area contributed by atoms with Crippen molar-refractivity contribution < 1.29 is 9.53 Å². The third-order valence-electron chi connectivity index (χ3n) is 3.02. The van der Waals surface area contributed by atoms with Crippen molar-refractivity contribution in [3.63, 3.8) is 0 Å². The van der Waals surface area contributed by atoms with Crippen molar-refractivity contribution in [2.24, 2.45) is 5.10 Å². The number of halogens is 1. The zero-order valence-corrected chi connectivity index (χ0v) is 14.5. The van der Waals surface area contributed by atoms with Gasteiger partial charge < -0.3 is 4.74 Å². The number of unbranched alkanes of at least 4 members (excludes halogenated alkanes) is 1. The Labute approximate surface area is 145 Å². The number of benzene rings is 1. The van der Waals surface area contributed by atoms with Gasteiger partial charge in [0.15, 0.2) is 6.61 Å². The van der Waals surface area contributed by atoms with Crippen molar-refractivity contribution in [1.82, 2.24) is 5.43 Å². The topological polar surface area (TPSA) is 50.7 Å². The van der Waals surface area contributed by atoms with E-state index in [4.69, 9.17) is 16.3 Å². The molecule has 0 fully saturated rings. The van der Waals surface area contributed by atoms with Gasteiger partial charge in [0.25, 0.3) is 5.91 Å². The van der Waals surface area contributed by atoms with Crippen LogP contribution in [0, 0.1) is 0 Å². The van der Waals surface area contributed by atoms with Gasteiger partial charge in [-0.25, -0.2) is 5.43 Å². The SMILES string of the molecule is CCCCc1ccc(/C=N/NC(=O)COc2ccc(Cl)cc2)s1. The average Bonchev–Trinajstić information content (AvgIpc) is 3.00. The lowest BCUT2D eigenvalue weighted by molar-refractivity contribution is -0.123. The molecule has 0 spiro atoms. The van der Waals surface area contributed by atoms with Crippen molar-refractivity contribution in [2.75, 3.05) is 6.61 Å². The summed E-state index contributed by atoms with van der Waals surface area (Å²) in [4.78, 5) is 14.0. The summed E-state index contributed by atoms with van der Waals surface area (Å²) in [5.74, 6) is 0.284. The molecule has 4 nitrogen and oxygen atoms in total. The molecule has 1 amide bonds. The maximum absolute atomic E-state index is 11.6. The lowest BCUT2D eigenvalue weighted by Gasteiger charge is -2.04. The highest BCUT2D eigenvalue weighted by Gasteiger charge is 2.02. The van der Waals surface area contributed by atoms with Gasteiger partial charge in [0.2, 0.25) is 0 Å². The summed E-state index contributed by atoms with van der Waals surface area (Å²) in [5.41, 5.74) is 2.45. The minimum atomic E-state index is -0.307. The van der Waals surface area contributed by atoms with E-state index in [1.54, 1.807) is 41.8 Å². The third kappa shape index (κ3) is 6.42. The van der Waals surface area contributed by atoms with Crippen LogP contribution in [0.1, 0.15) is 29.5 Å². The van der Waals surface area contributed by atoms with Crippen LogP contribution in [0.15, 0.2) is 41.5 Å². The number of hydrogen-bond donors (Lipinski definition) is 1. The summed E-state index contributed by atoms with van der Waals surface area (Å²) in [6.45, 7) is 2.09. The smallest absolute Gasteiger partial charge is 0.277 e. The standard InChI is InChI=1S/C17H19ClN2O2S/c1-2-3-4-15-9-10-16(23-15)11-19-20-17(21)12-22-14-7-5-13(18)6-8-14/h5-11H,2-4,12H2,1H3,(H,20,21)/b19-11+. The Hall–Kier alpha value is -1.85. The van der Waals surface area contributed by atoms with Gasteiger partial charge in [0.05, 0.1) is 6.21 Å². The van der Waals surface area contributed by atoms with E-state index in [1.165, 1.54) is 17.7 Å². The van der Waals surface area contributed by atoms with Gasteiger partial charge in [-0.3, -0.25) is 4.79 Å². The van der Waals surface area contributed by atoms with Gasteiger partial charge in [-0.2, -0.15) is 5.10 Å². The molecule has 2 rings (SSSR count). The molecule has 0 saturated carbocycles. The number of rotatable bonds is 8. The molecule has 0 aliphatic rings. The monoisotopic (exact) mass is 350 g/mol. The van der Waals surface area contributed by atoms with Gasteiger partial charge in [-0.1, -0.05) is 24.9 Å². The van der Waals surface area contributed by atoms with E-state index >= 15 is 0 Å². The molecule has 1 heterocycles. The van der Waals surface area contributed by atoms with Crippen LogP contribution in [-0.2, 0) is 11.2 Å². The predicted octanol–water partition coefficient (Wildman–Crippen LogP) is 4.27. The molecule has 0 bridgehead atoms. The third-order valence-corrected chi connectivity index (χ3v) is 4.36. The molecule has 2 aromatic rings. The van der Waals surface area contributed by atoms with E-state index in [2.05, 4.69) is 23.5 Å². The normalized spacial score (nSPS) is 10.9. The van der Waals surface area contributed by atoms with Gasteiger partial charge >= 0.3 is 0 Å². The predicted molar refractivity (Wildman–Crippen MR) is 95.6 cm³/mol. The van der Waals surface area contributed by atoms with Gasteiger partial charge in [-0.05, 0) is 49.2 Å². The highest BCUT2D eigenvalue weighted by molar-refractivity contribution is 7.13. The van der Waals surface area contributed by atoms with Gasteiger partial charge in [0, 0.05) is 14.8 Å². The van der Waals surface area contributed by atoms with E-state index in [0.29, 0.717) is 10.8 Å². The maximum atomic E-state index is 11.6. The number of ether oxygens (including phenoxy) is 1. The number of aryl methyl sites for hydroxylation is 1. The molecule has 1 aromatic carbocycles. The summed E-state index contributed by atoms with van der Waals surface area (Å²) in [5, 5.41) is 4.57. The molecule has 0 saturated heterocycles. The van der Waals surface area contributed by atoms with Crippen LogP contribution in [-0.4, -0.2) is 18.7 Å². The first-order chi connectivity index (χ1) is 11.2. The zero-order chi connectivity index (χ0) is 16.5. The summed E-state index contributed by atoms with van der Waals surface area (Å²) < 4.78 is 5.33. The second kappa shape index (κ2) is 9.33. The Morgan fingerprint density at radius 3 is 2.83 bits per heavy atom. The van der Waals surface area contributed by atoms with Crippen LogP contribution in [0.5, 0.6) is 5.75 Å². The molecular formula is C17H19ClN2O2S. The fourth-order valence-electron chi connectivity index (χ4n) is 1.83. The number of carbonyl (C=O) groups excluding carboxylic acids is 1. The number of carbonyl (C=O) groups is 1. The maximum Gasteiger partial charge on any atom is 0.277 e. The fraction of sp³-hybridized carbons (Fsp3) is 0.294. The lowest BCUT2D eigenvalue weighted by Crippen LogP contribution is -2.24. The molecule has 6 heteroatoms. The number of hydrazone groups is 1. The first-order valence-corrected chi connectivity index (χ1v) is 8.66. The van der Waals surface area contributed by atoms with Crippen LogP contribution in [0.3, 0.4) is 0 Å². The van der Waals surface area contributed by atoms with Crippen molar-refractivity contribution in [3.8, 4) is 5.75 Å². The highest BCUT2D eigenvalue weighted by Crippen LogP contribution is 2.17. The average molecular weight is 351 g/mol. The zero-order valence-electron chi connectivity index (χ0n) is 12.9. The lowest BCUT2D eigenvalue weighted by atomic mass is 10.2. The second-order valence-electron chi connectivity index (χ2n) is 4.94. The van der Waals surface area contributed by atoms with Crippen molar-refractivity contribution in [2.45, 2.75) is 26.2 Å². The Balaban J connectivity index is 1.73. The van der Waals surface area contributed by atoms with E-state index in [1.807, 2.05) is 6.07 Å². The van der Waals surface area contributed by atoms with Crippen molar-refractivity contribution in [1.29, 1.82) is 0 Å². The van der Waals surface area contributed by atoms with Crippen molar-refractivity contribution in [3.05, 3.63) is 51.2 Å². The van der Waals surface area contributed by atoms with Crippen LogP contribution in [0.4, 0.5) is 0 Å². The number of hydrogen-bond acceptors (Lipinski definition) is 4. The molecule has 1 N–H and O–H groups in total. The highest BCUT2D eigenvalue weighted by atomic mass is 35.5. The molecule has 0 unspecified atom stereocenters. The molecular weight excluding hydrogens is 332 g/mol. The number of nitrogens with zero attached hydrogens (tertiary/aromatic N) is 1. The van der Waals surface area contributed by atoms with Crippen LogP contribution in [0.2, 0.25) is 5.02 Å². The molecule has 0 radical (unpaired) electrons. The second-order valence-corrected chi connectivity index (χ2v) is 6.58. The number of nitrogens with one attached hydrogen (secondary N) is 1. The minimum Gasteiger partial charge on any atom is -0.484 e. The molecule has 23 heavy (non-hydrogen) atoms. The Bertz CT molecular complexity index is 653. The number of amides is 1. The summed E-state index contributed by atoms with van der Waals surface area (Å²) in [6.07, 6.45) is 5.12. The number of thiophene rings is 1. The molecule has 0 aliphatic carbocycles.